The number of allylic oxidation sites excluding steroid dienone is 1. The monoisotopic (exact) mass is 581 g/mol. The molecular weight excluding hydrogens is 548 g/mol. The topological polar surface area (TPSA) is 0 Å². The van der Waals surface area contributed by atoms with Gasteiger partial charge >= 0.3 is 0 Å². The maximum Gasteiger partial charge on any atom is 0.0705 e. The summed E-state index contributed by atoms with van der Waals surface area (Å²) < 4.78 is 0. The SMILES string of the molecule is CCCC(C)c1c[cH-]c2cc3c(c(C4=Cc5ccccc5C4(c4ccccc4)c4ccccc4)c12)CCC3.[Zr]. The molecule has 0 saturated carbocycles. The minimum Gasteiger partial charge on any atom is -0.150 e. The molecule has 0 amide bonds. The van der Waals surface area contributed by atoms with Gasteiger partial charge in [0.05, 0.1) is 5.41 Å². The van der Waals surface area contributed by atoms with Crippen molar-refractivity contribution in [2.75, 3.05) is 0 Å². The minimum atomic E-state index is -0.355. The van der Waals surface area contributed by atoms with Gasteiger partial charge in [-0.25, -0.2) is 0 Å². The third-order valence-corrected chi connectivity index (χ3v) is 9.17. The molecule has 1 heteroatoms. The molecule has 192 valence electrons. The molecule has 0 aliphatic heterocycles. The largest absolute Gasteiger partial charge is 0.150 e. The van der Waals surface area contributed by atoms with E-state index in [0.717, 1.165) is 0 Å². The third-order valence-electron chi connectivity index (χ3n) is 9.17. The first-order chi connectivity index (χ1) is 18.7. The summed E-state index contributed by atoms with van der Waals surface area (Å²) in [7, 11) is 0. The van der Waals surface area contributed by atoms with Gasteiger partial charge in [0.25, 0.3) is 0 Å². The van der Waals surface area contributed by atoms with E-state index in [1.807, 2.05) is 0 Å². The van der Waals surface area contributed by atoms with Crippen LogP contribution < -0.4 is 0 Å². The fourth-order valence-electron chi connectivity index (χ4n) is 7.57. The average Bonchev–Trinajstić information content (AvgIpc) is 3.69. The van der Waals surface area contributed by atoms with Crippen molar-refractivity contribution in [3.05, 3.63) is 148 Å². The minimum absolute atomic E-state index is 0. The zero-order valence-electron chi connectivity index (χ0n) is 23.0. The van der Waals surface area contributed by atoms with Gasteiger partial charge in [-0.05, 0) is 47.1 Å². The Bertz CT molecular complexity index is 1610. The summed E-state index contributed by atoms with van der Waals surface area (Å²) in [6, 6.07) is 38.9. The molecular formula is C38H35Zr-. The summed E-state index contributed by atoms with van der Waals surface area (Å²) in [6.45, 7) is 4.74. The van der Waals surface area contributed by atoms with Crippen LogP contribution in [-0.4, -0.2) is 0 Å². The fraction of sp³-hybridized carbons (Fsp3) is 0.237. The Labute approximate surface area is 252 Å². The van der Waals surface area contributed by atoms with E-state index in [9.17, 15) is 0 Å². The van der Waals surface area contributed by atoms with Crippen molar-refractivity contribution < 1.29 is 26.2 Å². The second-order valence-electron chi connectivity index (χ2n) is 11.3. The van der Waals surface area contributed by atoms with E-state index in [4.69, 9.17) is 0 Å². The molecule has 0 spiro atoms. The van der Waals surface area contributed by atoms with Crippen molar-refractivity contribution in [1.82, 2.24) is 0 Å². The molecule has 1 atom stereocenters. The Balaban J connectivity index is 0.00000277. The van der Waals surface area contributed by atoms with Gasteiger partial charge in [0, 0.05) is 26.2 Å². The quantitative estimate of drug-likeness (QED) is 0.175. The van der Waals surface area contributed by atoms with Crippen LogP contribution in [0.4, 0.5) is 0 Å². The van der Waals surface area contributed by atoms with Crippen LogP contribution in [0.25, 0.3) is 22.4 Å². The first kappa shape index (κ1) is 26.3. The van der Waals surface area contributed by atoms with Gasteiger partial charge < -0.3 is 0 Å². The molecule has 7 rings (SSSR count). The summed E-state index contributed by atoms with van der Waals surface area (Å²) in [4.78, 5) is 0. The van der Waals surface area contributed by atoms with E-state index in [1.54, 1.807) is 11.1 Å². The Kier molecular flexibility index (Phi) is 7.15. The molecule has 0 N–H and O–H groups in total. The molecule has 0 aromatic heterocycles. The van der Waals surface area contributed by atoms with Gasteiger partial charge in [-0.15, -0.1) is 34.5 Å². The van der Waals surface area contributed by atoms with Gasteiger partial charge in [-0.3, -0.25) is 0 Å². The third kappa shape index (κ3) is 4.00. The standard InChI is InChI=1S/C38H35.Zr/c1-3-13-26(2)32-23-22-29-24-27-15-12-20-33(27)37(36(29)32)35-25-28-14-10-11-21-34(28)38(35,30-16-6-4-7-17-30)31-18-8-5-9-19-31;/h4-11,14,16-19,21-26H,3,12-13,15,20H2,1-2H3;/q-1;. The maximum absolute atomic E-state index is 2.53. The van der Waals surface area contributed by atoms with Crippen LogP contribution in [0.1, 0.15) is 83.5 Å². The van der Waals surface area contributed by atoms with Crippen LogP contribution in [0.2, 0.25) is 0 Å². The second-order valence-corrected chi connectivity index (χ2v) is 11.3. The number of rotatable bonds is 6. The number of hydrogen-bond donors (Lipinski definition) is 0. The number of aryl methyl sites for hydroxylation is 1. The van der Waals surface area contributed by atoms with Crippen LogP contribution in [0.5, 0.6) is 0 Å². The molecule has 0 heterocycles. The molecule has 0 fully saturated rings. The van der Waals surface area contributed by atoms with Crippen molar-refractivity contribution >= 4 is 22.4 Å². The summed E-state index contributed by atoms with van der Waals surface area (Å²) in [5.74, 6) is 0.544. The van der Waals surface area contributed by atoms with E-state index in [-0.39, 0.29) is 31.6 Å². The van der Waals surface area contributed by atoms with E-state index < -0.39 is 0 Å². The predicted molar refractivity (Wildman–Crippen MR) is 162 cm³/mol. The molecule has 0 bridgehead atoms. The van der Waals surface area contributed by atoms with Crippen LogP contribution in [0.3, 0.4) is 0 Å². The van der Waals surface area contributed by atoms with Gasteiger partial charge in [0.1, 0.15) is 0 Å². The number of fused-ring (bicyclic) bond motifs is 3. The number of hydrogen-bond acceptors (Lipinski definition) is 0. The molecule has 0 saturated heterocycles. The van der Waals surface area contributed by atoms with E-state index in [2.05, 4.69) is 123 Å². The van der Waals surface area contributed by atoms with Gasteiger partial charge in [-0.2, -0.15) is 0 Å². The maximum atomic E-state index is 2.53. The van der Waals surface area contributed by atoms with Crippen molar-refractivity contribution in [3.8, 4) is 0 Å². The van der Waals surface area contributed by atoms with E-state index in [0.29, 0.717) is 5.92 Å². The average molecular weight is 583 g/mol. The van der Waals surface area contributed by atoms with Gasteiger partial charge in [-0.1, -0.05) is 140 Å². The Morgan fingerprint density at radius 1 is 0.846 bits per heavy atom. The Morgan fingerprint density at radius 2 is 1.51 bits per heavy atom. The predicted octanol–water partition coefficient (Wildman–Crippen LogP) is 9.84. The summed E-state index contributed by atoms with van der Waals surface area (Å²) in [6.07, 6.45) is 8.56. The molecule has 0 nitrogen and oxygen atoms in total. The molecule has 2 aliphatic rings. The van der Waals surface area contributed by atoms with Crippen molar-refractivity contribution in [3.63, 3.8) is 0 Å². The smallest absolute Gasteiger partial charge is 0.0705 e. The summed E-state index contributed by atoms with van der Waals surface area (Å²) in [5.41, 5.74) is 12.7. The zero-order chi connectivity index (χ0) is 25.7. The molecule has 5 aromatic carbocycles. The molecule has 0 radical (unpaired) electrons. The van der Waals surface area contributed by atoms with Crippen molar-refractivity contribution in [2.45, 2.75) is 57.3 Å². The first-order valence-electron chi connectivity index (χ1n) is 14.4. The van der Waals surface area contributed by atoms with Gasteiger partial charge in [0.15, 0.2) is 0 Å². The van der Waals surface area contributed by atoms with Crippen LogP contribution >= 0.6 is 0 Å². The summed E-state index contributed by atoms with van der Waals surface area (Å²) in [5, 5.41) is 2.92. The fourth-order valence-corrected chi connectivity index (χ4v) is 7.57. The van der Waals surface area contributed by atoms with E-state index in [1.165, 1.54) is 81.8 Å². The Hall–Kier alpha value is -2.89. The molecule has 5 aromatic rings. The molecule has 39 heavy (non-hydrogen) atoms. The zero-order valence-corrected chi connectivity index (χ0v) is 25.5. The first-order valence-corrected chi connectivity index (χ1v) is 14.4. The molecule has 2 aliphatic carbocycles. The second kappa shape index (κ2) is 10.6. The van der Waals surface area contributed by atoms with E-state index >= 15 is 0 Å². The van der Waals surface area contributed by atoms with Crippen LogP contribution in [0, 0.1) is 0 Å². The van der Waals surface area contributed by atoms with Crippen LogP contribution in [-0.2, 0) is 44.5 Å². The Morgan fingerprint density at radius 3 is 2.21 bits per heavy atom. The normalized spacial score (nSPS) is 15.9. The number of benzene rings is 4. The van der Waals surface area contributed by atoms with Crippen molar-refractivity contribution in [2.24, 2.45) is 0 Å². The molecule has 1 unspecified atom stereocenters. The van der Waals surface area contributed by atoms with Crippen LogP contribution in [0.15, 0.2) is 103 Å². The van der Waals surface area contributed by atoms with Gasteiger partial charge in [0.2, 0.25) is 0 Å². The summed E-state index contributed by atoms with van der Waals surface area (Å²) >= 11 is 0. The van der Waals surface area contributed by atoms with Crippen molar-refractivity contribution in [1.29, 1.82) is 0 Å².